The molecule has 0 saturated carbocycles. The number of nitrogens with zero attached hydrogens (tertiary/aromatic N) is 1. The largest absolute Gasteiger partial charge is 0.383 e. The number of aliphatic hydroxyl groups is 1. The maximum atomic E-state index is 11.1. The highest BCUT2D eigenvalue weighted by molar-refractivity contribution is 6.17. The van der Waals surface area contributed by atoms with E-state index < -0.39 is 5.60 Å². The van der Waals surface area contributed by atoms with Gasteiger partial charge in [0.2, 0.25) is 0 Å². The van der Waals surface area contributed by atoms with Crippen LogP contribution in [0.2, 0.25) is 0 Å². The molecule has 0 aliphatic rings. The number of hydrogen-bond acceptors (Lipinski definition) is 3. The van der Waals surface area contributed by atoms with E-state index in [4.69, 9.17) is 17.3 Å². The Morgan fingerprint density at radius 3 is 2.63 bits per heavy atom. The van der Waals surface area contributed by atoms with Gasteiger partial charge < -0.3 is 10.8 Å². The molecule has 1 aromatic heterocycles. The van der Waals surface area contributed by atoms with Crippen LogP contribution in [-0.2, 0) is 5.60 Å². The van der Waals surface area contributed by atoms with Gasteiger partial charge in [-0.3, -0.25) is 0 Å². The van der Waals surface area contributed by atoms with Gasteiger partial charge in [0.25, 0.3) is 0 Å². The third kappa shape index (κ3) is 2.72. The minimum absolute atomic E-state index is 0.332. The molecule has 2 rings (SSSR count). The molecule has 3 nitrogen and oxygen atoms in total. The standard InChI is InChI=1S/C15H17ClN2O/c1-11-9-13(14(17)18-10-11)15(19,7-8-16)12-5-3-2-4-6-12/h2-6,9-10,19H,7-8H2,1H3,(H2,17,18). The van der Waals surface area contributed by atoms with Crippen molar-refractivity contribution in [3.8, 4) is 0 Å². The lowest BCUT2D eigenvalue weighted by Gasteiger charge is -2.29. The molecule has 0 bridgehead atoms. The van der Waals surface area contributed by atoms with E-state index >= 15 is 0 Å². The first-order valence-electron chi connectivity index (χ1n) is 6.14. The Hall–Kier alpha value is -1.58. The average molecular weight is 277 g/mol. The van der Waals surface area contributed by atoms with Crippen LogP contribution in [0.15, 0.2) is 42.6 Å². The van der Waals surface area contributed by atoms with Gasteiger partial charge in [-0.25, -0.2) is 4.98 Å². The van der Waals surface area contributed by atoms with Crippen LogP contribution >= 0.6 is 11.6 Å². The topological polar surface area (TPSA) is 59.1 Å². The molecule has 1 atom stereocenters. The highest BCUT2D eigenvalue weighted by Gasteiger charge is 2.33. The van der Waals surface area contributed by atoms with E-state index in [0.29, 0.717) is 23.7 Å². The van der Waals surface area contributed by atoms with Gasteiger partial charge in [-0.05, 0) is 30.5 Å². The number of benzene rings is 1. The van der Waals surface area contributed by atoms with Crippen molar-refractivity contribution in [3.05, 3.63) is 59.3 Å². The first-order valence-corrected chi connectivity index (χ1v) is 6.68. The zero-order chi connectivity index (χ0) is 13.9. The normalized spacial score (nSPS) is 14.1. The van der Waals surface area contributed by atoms with Crippen molar-refractivity contribution in [3.63, 3.8) is 0 Å². The Kier molecular flexibility index (Phi) is 4.08. The van der Waals surface area contributed by atoms with Crippen LogP contribution in [0.1, 0.15) is 23.1 Å². The fraction of sp³-hybridized carbons (Fsp3) is 0.267. The van der Waals surface area contributed by atoms with Crippen molar-refractivity contribution in [2.75, 3.05) is 11.6 Å². The Bertz CT molecular complexity index is 559. The molecule has 0 saturated heterocycles. The van der Waals surface area contributed by atoms with Crippen LogP contribution < -0.4 is 5.73 Å². The van der Waals surface area contributed by atoms with Crippen molar-refractivity contribution in [2.24, 2.45) is 0 Å². The Morgan fingerprint density at radius 1 is 1.32 bits per heavy atom. The summed E-state index contributed by atoms with van der Waals surface area (Å²) in [6.45, 7) is 1.92. The lowest BCUT2D eigenvalue weighted by atomic mass is 9.84. The fourth-order valence-electron chi connectivity index (χ4n) is 2.20. The van der Waals surface area contributed by atoms with E-state index in [1.54, 1.807) is 6.20 Å². The maximum Gasteiger partial charge on any atom is 0.129 e. The lowest BCUT2D eigenvalue weighted by Crippen LogP contribution is -2.29. The van der Waals surface area contributed by atoms with E-state index in [-0.39, 0.29) is 0 Å². The molecule has 0 amide bonds. The molecule has 3 N–H and O–H groups in total. The molecule has 100 valence electrons. The monoisotopic (exact) mass is 276 g/mol. The molecule has 1 heterocycles. The van der Waals surface area contributed by atoms with E-state index in [1.807, 2.05) is 43.3 Å². The van der Waals surface area contributed by atoms with E-state index in [1.165, 1.54) is 0 Å². The van der Waals surface area contributed by atoms with Crippen LogP contribution in [0.4, 0.5) is 5.82 Å². The first-order chi connectivity index (χ1) is 9.08. The second-order valence-electron chi connectivity index (χ2n) is 4.61. The smallest absolute Gasteiger partial charge is 0.129 e. The third-order valence-electron chi connectivity index (χ3n) is 3.21. The van der Waals surface area contributed by atoms with Crippen LogP contribution in [0.5, 0.6) is 0 Å². The summed E-state index contributed by atoms with van der Waals surface area (Å²) < 4.78 is 0. The number of alkyl halides is 1. The van der Waals surface area contributed by atoms with Crippen LogP contribution in [0.25, 0.3) is 0 Å². The molecule has 0 fully saturated rings. The molecule has 0 radical (unpaired) electrons. The number of aryl methyl sites for hydroxylation is 1. The summed E-state index contributed by atoms with van der Waals surface area (Å²) in [5, 5.41) is 11.1. The minimum Gasteiger partial charge on any atom is -0.383 e. The van der Waals surface area contributed by atoms with Crippen molar-refractivity contribution < 1.29 is 5.11 Å². The number of anilines is 1. The van der Waals surface area contributed by atoms with Gasteiger partial charge in [-0.2, -0.15) is 0 Å². The highest BCUT2D eigenvalue weighted by atomic mass is 35.5. The summed E-state index contributed by atoms with van der Waals surface area (Å²) in [6, 6.07) is 11.3. The van der Waals surface area contributed by atoms with Gasteiger partial charge in [-0.15, -0.1) is 11.6 Å². The van der Waals surface area contributed by atoms with Gasteiger partial charge in [0.1, 0.15) is 11.4 Å². The summed E-state index contributed by atoms with van der Waals surface area (Å²) in [4.78, 5) is 4.13. The number of hydrogen-bond donors (Lipinski definition) is 2. The van der Waals surface area contributed by atoms with Crippen LogP contribution in [-0.4, -0.2) is 16.0 Å². The van der Waals surface area contributed by atoms with Crippen molar-refractivity contribution in [1.82, 2.24) is 4.98 Å². The second-order valence-corrected chi connectivity index (χ2v) is 4.99. The number of nitrogens with two attached hydrogens (primary N) is 1. The molecule has 0 spiro atoms. The van der Waals surface area contributed by atoms with Crippen LogP contribution in [0.3, 0.4) is 0 Å². The number of rotatable bonds is 4. The summed E-state index contributed by atoms with van der Waals surface area (Å²) in [5.41, 5.74) is 7.06. The summed E-state index contributed by atoms with van der Waals surface area (Å²) in [6.07, 6.45) is 2.07. The Morgan fingerprint density at radius 2 is 2.00 bits per heavy atom. The molecule has 19 heavy (non-hydrogen) atoms. The van der Waals surface area contributed by atoms with E-state index in [0.717, 1.165) is 11.1 Å². The molecule has 2 aromatic rings. The van der Waals surface area contributed by atoms with E-state index in [9.17, 15) is 5.11 Å². The average Bonchev–Trinajstić information content (AvgIpc) is 2.42. The SMILES string of the molecule is Cc1cnc(N)c(C(O)(CCCl)c2ccccc2)c1. The lowest BCUT2D eigenvalue weighted by molar-refractivity contribution is 0.0779. The van der Waals surface area contributed by atoms with Gasteiger partial charge in [-0.1, -0.05) is 30.3 Å². The molecular weight excluding hydrogens is 260 g/mol. The van der Waals surface area contributed by atoms with Gasteiger partial charge >= 0.3 is 0 Å². The molecular formula is C15H17ClN2O. The number of halogens is 1. The number of pyridine rings is 1. The summed E-state index contributed by atoms with van der Waals surface area (Å²) in [7, 11) is 0. The fourth-order valence-corrected chi connectivity index (χ4v) is 2.47. The summed E-state index contributed by atoms with van der Waals surface area (Å²) in [5.74, 6) is 0.667. The number of aromatic nitrogens is 1. The molecule has 4 heteroatoms. The number of nitrogen functional groups attached to an aromatic ring is 1. The van der Waals surface area contributed by atoms with E-state index in [2.05, 4.69) is 4.98 Å². The second kappa shape index (κ2) is 5.59. The van der Waals surface area contributed by atoms with Crippen molar-refractivity contribution >= 4 is 17.4 Å². The van der Waals surface area contributed by atoms with Crippen molar-refractivity contribution in [1.29, 1.82) is 0 Å². The maximum absolute atomic E-state index is 11.1. The third-order valence-corrected chi connectivity index (χ3v) is 3.40. The van der Waals surface area contributed by atoms with Gasteiger partial charge in [0.15, 0.2) is 0 Å². The zero-order valence-corrected chi connectivity index (χ0v) is 11.6. The highest BCUT2D eigenvalue weighted by Crippen LogP contribution is 2.36. The predicted octanol–water partition coefficient (Wildman–Crippen LogP) is 2.84. The molecule has 1 aromatic carbocycles. The Labute approximate surface area is 118 Å². The van der Waals surface area contributed by atoms with Gasteiger partial charge in [0.05, 0.1) is 0 Å². The first kappa shape index (κ1) is 13.8. The quantitative estimate of drug-likeness (QED) is 0.844. The molecule has 1 unspecified atom stereocenters. The molecule has 0 aliphatic heterocycles. The Balaban J connectivity index is 2.59. The minimum atomic E-state index is -1.20. The van der Waals surface area contributed by atoms with Gasteiger partial charge in [0, 0.05) is 17.6 Å². The molecule has 0 aliphatic carbocycles. The zero-order valence-electron chi connectivity index (χ0n) is 10.8. The van der Waals surface area contributed by atoms with Crippen molar-refractivity contribution in [2.45, 2.75) is 18.9 Å². The summed E-state index contributed by atoms with van der Waals surface area (Å²) >= 11 is 5.86. The predicted molar refractivity (Wildman–Crippen MR) is 78.2 cm³/mol. The van der Waals surface area contributed by atoms with Crippen LogP contribution in [0, 0.1) is 6.92 Å².